The van der Waals surface area contributed by atoms with Crippen LogP contribution in [0.3, 0.4) is 0 Å². The third-order valence-corrected chi connectivity index (χ3v) is 3.90. The number of nitrogens with one attached hydrogen (secondary N) is 2. The summed E-state index contributed by atoms with van der Waals surface area (Å²) in [5.41, 5.74) is 3.48. The number of aliphatic imine (C=N–C) groups is 1. The molecule has 0 unspecified atom stereocenters. The quantitative estimate of drug-likeness (QED) is 0.273. The summed E-state index contributed by atoms with van der Waals surface area (Å²) in [4.78, 5) is 19.5. The maximum atomic E-state index is 10.9. The number of anilines is 1. The molecule has 7 heteroatoms. The number of nitrogens with zero attached hydrogens (tertiary/aromatic N) is 3. The number of carboxylic acids is 1. The van der Waals surface area contributed by atoms with E-state index in [0.717, 1.165) is 22.4 Å². The number of pyridine rings is 1. The Morgan fingerprint density at radius 1 is 1.31 bits per heavy atom. The van der Waals surface area contributed by atoms with Crippen LogP contribution in [0.4, 0.5) is 5.69 Å². The van der Waals surface area contributed by atoms with Crippen LogP contribution in [0.5, 0.6) is 0 Å². The lowest BCUT2D eigenvalue weighted by molar-refractivity contribution is -0.136. The second-order valence-electron chi connectivity index (χ2n) is 6.82. The largest absolute Gasteiger partial charge is 0.481 e. The molecule has 0 fully saturated rings. The molecule has 0 aliphatic carbocycles. The fraction of sp³-hybridized carbons (Fsp3) is 0.273. The smallest absolute Gasteiger partial charge is 0.303 e. The molecule has 150 valence electrons. The highest BCUT2D eigenvalue weighted by Crippen LogP contribution is 2.26. The van der Waals surface area contributed by atoms with Crippen molar-refractivity contribution in [2.75, 3.05) is 11.9 Å². The molecule has 1 heterocycles. The number of carboxylic acid groups (broad SMARTS) is 1. The normalized spacial score (nSPS) is 11.8. The number of guanidine groups is 1. The summed E-state index contributed by atoms with van der Waals surface area (Å²) in [7, 11) is 0. The van der Waals surface area contributed by atoms with Crippen molar-refractivity contribution in [1.29, 1.82) is 5.26 Å². The monoisotopic (exact) mass is 391 g/mol. The molecular formula is C22H25N5O2. The van der Waals surface area contributed by atoms with Crippen LogP contribution in [-0.4, -0.2) is 28.6 Å². The number of carbonyl (C=O) groups is 1. The minimum absolute atomic E-state index is 0.0554. The Bertz CT molecular complexity index is 914. The molecule has 0 radical (unpaired) electrons. The van der Waals surface area contributed by atoms with E-state index in [1.54, 1.807) is 12.4 Å². The first kappa shape index (κ1) is 21.6. The molecular weight excluding hydrogens is 366 g/mol. The molecule has 29 heavy (non-hydrogen) atoms. The Kier molecular flexibility index (Phi) is 8.39. The van der Waals surface area contributed by atoms with E-state index in [1.807, 2.05) is 48.7 Å². The lowest BCUT2D eigenvalue weighted by Gasteiger charge is -2.13. The maximum Gasteiger partial charge on any atom is 0.303 e. The van der Waals surface area contributed by atoms with Crippen LogP contribution in [0.25, 0.3) is 5.57 Å². The van der Waals surface area contributed by atoms with E-state index in [-0.39, 0.29) is 6.42 Å². The first-order valence-electron chi connectivity index (χ1n) is 9.39. The number of rotatable bonds is 8. The summed E-state index contributed by atoms with van der Waals surface area (Å²) in [6, 6.07) is 11.4. The van der Waals surface area contributed by atoms with Crippen molar-refractivity contribution in [1.82, 2.24) is 10.3 Å². The zero-order valence-corrected chi connectivity index (χ0v) is 16.6. The number of allylic oxidation sites excluding steroid dienone is 1. The standard InChI is InChI=1S/C22H25N5O2/c1-16(2)13-25-22(26-15-23)27-19-8-3-6-17(12-19)20(9-4-10-21(28)29)18-7-5-11-24-14-18/h3,5-9,11-12,14,16H,4,10,13H2,1-2H3,(H,28,29)(H2,25,26,27)/b20-9-. The number of hydrogen-bond acceptors (Lipinski definition) is 4. The van der Waals surface area contributed by atoms with E-state index < -0.39 is 5.97 Å². The highest BCUT2D eigenvalue weighted by atomic mass is 16.4. The molecule has 0 atom stereocenters. The molecule has 0 aliphatic rings. The Morgan fingerprint density at radius 3 is 2.76 bits per heavy atom. The van der Waals surface area contributed by atoms with Gasteiger partial charge in [-0.1, -0.05) is 38.1 Å². The summed E-state index contributed by atoms with van der Waals surface area (Å²) >= 11 is 0. The van der Waals surface area contributed by atoms with Gasteiger partial charge in [0.05, 0.1) is 0 Å². The zero-order chi connectivity index (χ0) is 21.1. The highest BCUT2D eigenvalue weighted by Gasteiger charge is 2.08. The topological polar surface area (TPSA) is 110 Å². The Labute approximate surface area is 170 Å². The van der Waals surface area contributed by atoms with E-state index in [0.29, 0.717) is 24.8 Å². The second kappa shape index (κ2) is 11.2. The van der Waals surface area contributed by atoms with Gasteiger partial charge >= 0.3 is 5.97 Å². The Morgan fingerprint density at radius 2 is 2.10 bits per heavy atom. The van der Waals surface area contributed by atoms with Crippen molar-refractivity contribution in [2.24, 2.45) is 10.9 Å². The summed E-state index contributed by atoms with van der Waals surface area (Å²) < 4.78 is 0. The van der Waals surface area contributed by atoms with Gasteiger partial charge in [-0.2, -0.15) is 5.26 Å². The first-order chi connectivity index (χ1) is 14.0. The molecule has 0 saturated carbocycles. The first-order valence-corrected chi connectivity index (χ1v) is 9.39. The van der Waals surface area contributed by atoms with Crippen LogP contribution in [0, 0.1) is 17.4 Å². The average molecular weight is 391 g/mol. The number of nitriles is 1. The molecule has 0 saturated heterocycles. The van der Waals surface area contributed by atoms with Gasteiger partial charge < -0.3 is 10.4 Å². The average Bonchev–Trinajstić information content (AvgIpc) is 2.70. The van der Waals surface area contributed by atoms with Crippen molar-refractivity contribution in [3.8, 4) is 6.19 Å². The van der Waals surface area contributed by atoms with Crippen LogP contribution in [0.15, 0.2) is 59.9 Å². The predicted octanol–water partition coefficient (Wildman–Crippen LogP) is 3.87. The molecule has 7 nitrogen and oxygen atoms in total. The molecule has 0 aliphatic heterocycles. The number of aromatic nitrogens is 1. The van der Waals surface area contributed by atoms with E-state index in [2.05, 4.69) is 34.5 Å². The zero-order valence-electron chi connectivity index (χ0n) is 16.6. The molecule has 2 aromatic rings. The minimum atomic E-state index is -0.837. The van der Waals surface area contributed by atoms with Gasteiger partial charge in [0, 0.05) is 36.6 Å². The minimum Gasteiger partial charge on any atom is -0.481 e. The van der Waals surface area contributed by atoms with Gasteiger partial charge in [0.1, 0.15) is 0 Å². The molecule has 0 bridgehead atoms. The molecule has 1 aromatic heterocycles. The van der Waals surface area contributed by atoms with E-state index in [4.69, 9.17) is 10.4 Å². The SMILES string of the molecule is CC(C)CN=C(NC#N)Nc1cccc(/C(=C/CCC(=O)O)c2cccnc2)c1. The predicted molar refractivity (Wildman–Crippen MR) is 114 cm³/mol. The summed E-state index contributed by atoms with van der Waals surface area (Å²) in [5, 5.41) is 23.6. The van der Waals surface area contributed by atoms with Gasteiger partial charge in [0.2, 0.25) is 5.96 Å². The van der Waals surface area contributed by atoms with E-state index >= 15 is 0 Å². The summed E-state index contributed by atoms with van der Waals surface area (Å²) in [5.74, 6) is -0.0834. The third-order valence-electron chi connectivity index (χ3n) is 3.90. The Balaban J connectivity index is 2.32. The number of hydrogen-bond donors (Lipinski definition) is 3. The molecule has 0 spiro atoms. The number of aliphatic carboxylic acids is 1. The van der Waals surface area contributed by atoms with Crippen molar-refractivity contribution in [2.45, 2.75) is 26.7 Å². The van der Waals surface area contributed by atoms with Crippen molar-refractivity contribution in [3.05, 3.63) is 66.0 Å². The van der Waals surface area contributed by atoms with Gasteiger partial charge in [-0.15, -0.1) is 0 Å². The van der Waals surface area contributed by atoms with Crippen LogP contribution in [0.1, 0.15) is 37.8 Å². The molecule has 3 N–H and O–H groups in total. The summed E-state index contributed by atoms with van der Waals surface area (Å²) in [6.45, 7) is 4.69. The third kappa shape index (κ3) is 7.46. The van der Waals surface area contributed by atoms with Crippen LogP contribution >= 0.6 is 0 Å². The molecule has 0 amide bonds. The van der Waals surface area contributed by atoms with Gasteiger partial charge in [0.15, 0.2) is 6.19 Å². The van der Waals surface area contributed by atoms with Crippen molar-refractivity contribution < 1.29 is 9.90 Å². The lowest BCUT2D eigenvalue weighted by Crippen LogP contribution is -2.27. The van der Waals surface area contributed by atoms with Crippen LogP contribution < -0.4 is 10.6 Å². The lowest BCUT2D eigenvalue weighted by atomic mass is 9.97. The number of benzene rings is 1. The second-order valence-corrected chi connectivity index (χ2v) is 6.82. The van der Waals surface area contributed by atoms with Crippen molar-refractivity contribution in [3.63, 3.8) is 0 Å². The maximum absolute atomic E-state index is 10.9. The van der Waals surface area contributed by atoms with Gasteiger partial charge in [0.25, 0.3) is 0 Å². The van der Waals surface area contributed by atoms with Crippen LogP contribution in [0.2, 0.25) is 0 Å². The highest BCUT2D eigenvalue weighted by molar-refractivity contribution is 5.95. The molecule has 2 rings (SSSR count). The summed E-state index contributed by atoms with van der Waals surface area (Å²) in [6.07, 6.45) is 7.71. The van der Waals surface area contributed by atoms with Gasteiger partial charge in [-0.3, -0.25) is 20.1 Å². The van der Waals surface area contributed by atoms with Crippen LogP contribution in [-0.2, 0) is 4.79 Å². The fourth-order valence-electron chi connectivity index (χ4n) is 2.60. The van der Waals surface area contributed by atoms with E-state index in [9.17, 15) is 4.79 Å². The molecule has 1 aromatic carbocycles. The van der Waals surface area contributed by atoms with Crippen molar-refractivity contribution >= 4 is 23.2 Å². The van der Waals surface area contributed by atoms with Gasteiger partial charge in [-0.25, -0.2) is 0 Å². The van der Waals surface area contributed by atoms with Gasteiger partial charge in [-0.05, 0) is 41.7 Å². The fourth-order valence-corrected chi connectivity index (χ4v) is 2.60. The Hall–Kier alpha value is -3.66. The van der Waals surface area contributed by atoms with E-state index in [1.165, 1.54) is 0 Å².